The smallest absolute Gasteiger partial charge is 0.325 e. The van der Waals surface area contributed by atoms with Crippen molar-refractivity contribution in [3.63, 3.8) is 0 Å². The molecule has 3 rings (SSSR count). The van der Waals surface area contributed by atoms with Crippen molar-refractivity contribution in [1.29, 1.82) is 0 Å². The second kappa shape index (κ2) is 7.88. The van der Waals surface area contributed by atoms with Gasteiger partial charge < -0.3 is 10.1 Å². The molecule has 0 aliphatic rings. The van der Waals surface area contributed by atoms with E-state index in [1.54, 1.807) is 47.3 Å². The molecule has 0 aliphatic carbocycles. The third kappa shape index (κ3) is 4.52. The van der Waals surface area contributed by atoms with E-state index in [9.17, 15) is 9.18 Å². The molecule has 0 bridgehead atoms. The molecule has 0 spiro atoms. The van der Waals surface area contributed by atoms with Crippen LogP contribution in [0, 0.1) is 5.82 Å². The molecule has 0 aliphatic heterocycles. The normalized spacial score (nSPS) is 10.4. The number of halogens is 2. The molecule has 3 aromatic rings. The van der Waals surface area contributed by atoms with Gasteiger partial charge in [0.05, 0.1) is 19.3 Å². The summed E-state index contributed by atoms with van der Waals surface area (Å²) in [5.74, 6) is 0.585. The lowest BCUT2D eigenvalue weighted by molar-refractivity contribution is 0.262. The van der Waals surface area contributed by atoms with Gasteiger partial charge in [0.25, 0.3) is 0 Å². The lowest BCUT2D eigenvalue weighted by Crippen LogP contribution is -2.20. The van der Waals surface area contributed by atoms with Crippen molar-refractivity contribution in [1.82, 2.24) is 9.78 Å². The molecule has 1 heterocycles. The standard InChI is InChI=1S/C18H16ClFN4O2/c1-26-16-7-4-13(19)10-15(16)21-18(25)22-17-8-9-24(23-17)11-12-2-5-14(20)6-3-12/h2-10H,11H2,1H3,(H2,21,22,23,25). The van der Waals surface area contributed by atoms with E-state index in [-0.39, 0.29) is 5.82 Å². The van der Waals surface area contributed by atoms with Gasteiger partial charge in [-0.2, -0.15) is 5.10 Å². The zero-order valence-corrected chi connectivity index (χ0v) is 14.6. The Kier molecular flexibility index (Phi) is 5.38. The Morgan fingerprint density at radius 3 is 2.69 bits per heavy atom. The first-order valence-electron chi connectivity index (χ1n) is 7.73. The van der Waals surface area contributed by atoms with Gasteiger partial charge in [-0.15, -0.1) is 0 Å². The third-order valence-corrected chi connectivity index (χ3v) is 3.78. The van der Waals surface area contributed by atoms with Gasteiger partial charge in [0.1, 0.15) is 11.6 Å². The fraction of sp³-hybridized carbons (Fsp3) is 0.111. The Labute approximate surface area is 154 Å². The Bertz CT molecular complexity index is 912. The highest BCUT2D eigenvalue weighted by Gasteiger charge is 2.10. The van der Waals surface area contributed by atoms with Crippen LogP contribution < -0.4 is 15.4 Å². The Hall–Kier alpha value is -3.06. The maximum Gasteiger partial charge on any atom is 0.325 e. The summed E-state index contributed by atoms with van der Waals surface area (Å²) < 4.78 is 19.8. The third-order valence-electron chi connectivity index (χ3n) is 3.55. The van der Waals surface area contributed by atoms with Crippen LogP contribution in [-0.4, -0.2) is 22.9 Å². The summed E-state index contributed by atoms with van der Waals surface area (Å²) in [5, 5.41) is 10.0. The van der Waals surface area contributed by atoms with Gasteiger partial charge >= 0.3 is 6.03 Å². The fourth-order valence-electron chi connectivity index (χ4n) is 2.34. The minimum atomic E-state index is -0.474. The number of carbonyl (C=O) groups is 1. The number of benzene rings is 2. The molecule has 0 radical (unpaired) electrons. The maximum atomic E-state index is 12.9. The van der Waals surface area contributed by atoms with Crippen LogP contribution in [-0.2, 0) is 6.54 Å². The van der Waals surface area contributed by atoms with Crippen LogP contribution in [0.25, 0.3) is 0 Å². The van der Waals surface area contributed by atoms with Crippen LogP contribution in [0.1, 0.15) is 5.56 Å². The van der Waals surface area contributed by atoms with Crippen molar-refractivity contribution in [3.05, 3.63) is 71.1 Å². The van der Waals surface area contributed by atoms with Crippen molar-refractivity contribution in [3.8, 4) is 5.75 Å². The zero-order chi connectivity index (χ0) is 18.5. The minimum absolute atomic E-state index is 0.287. The molecule has 0 unspecified atom stereocenters. The summed E-state index contributed by atoms with van der Waals surface area (Å²) >= 11 is 5.94. The van der Waals surface area contributed by atoms with Crippen LogP contribution in [0.2, 0.25) is 5.02 Å². The lowest BCUT2D eigenvalue weighted by atomic mass is 10.2. The topological polar surface area (TPSA) is 68.2 Å². The van der Waals surface area contributed by atoms with Gasteiger partial charge in [-0.1, -0.05) is 23.7 Å². The summed E-state index contributed by atoms with van der Waals surface area (Å²) in [7, 11) is 1.50. The van der Waals surface area contributed by atoms with E-state index in [1.165, 1.54) is 19.2 Å². The van der Waals surface area contributed by atoms with Crippen molar-refractivity contribution >= 4 is 29.1 Å². The van der Waals surface area contributed by atoms with Crippen LogP contribution in [0.4, 0.5) is 20.7 Å². The first-order chi connectivity index (χ1) is 12.5. The quantitative estimate of drug-likeness (QED) is 0.696. The van der Waals surface area contributed by atoms with E-state index in [2.05, 4.69) is 15.7 Å². The van der Waals surface area contributed by atoms with Gasteiger partial charge in [-0.3, -0.25) is 10.00 Å². The summed E-state index contributed by atoms with van der Waals surface area (Å²) in [6.45, 7) is 0.464. The molecular formula is C18H16ClFN4O2. The van der Waals surface area contributed by atoms with Gasteiger partial charge in [0.2, 0.25) is 0 Å². The zero-order valence-electron chi connectivity index (χ0n) is 13.9. The summed E-state index contributed by atoms with van der Waals surface area (Å²) in [5.41, 5.74) is 1.34. The van der Waals surface area contributed by atoms with Gasteiger partial charge in [-0.25, -0.2) is 9.18 Å². The van der Waals surface area contributed by atoms with Crippen molar-refractivity contribution < 1.29 is 13.9 Å². The van der Waals surface area contributed by atoms with Crippen LogP contribution in [0.3, 0.4) is 0 Å². The highest BCUT2D eigenvalue weighted by Crippen LogP contribution is 2.27. The first kappa shape index (κ1) is 17.8. The molecule has 0 atom stereocenters. The van der Waals surface area contributed by atoms with E-state index in [4.69, 9.17) is 16.3 Å². The molecule has 1 aromatic heterocycles. The molecule has 2 amide bonds. The highest BCUT2D eigenvalue weighted by atomic mass is 35.5. The van der Waals surface area contributed by atoms with Gasteiger partial charge in [0, 0.05) is 17.3 Å². The number of carbonyl (C=O) groups excluding carboxylic acids is 1. The molecule has 8 heteroatoms. The number of hydrogen-bond acceptors (Lipinski definition) is 3. The van der Waals surface area contributed by atoms with Crippen LogP contribution in [0.5, 0.6) is 5.75 Å². The van der Waals surface area contributed by atoms with E-state index in [1.807, 2.05) is 0 Å². The molecule has 0 fully saturated rings. The van der Waals surface area contributed by atoms with Crippen molar-refractivity contribution in [2.45, 2.75) is 6.54 Å². The van der Waals surface area contributed by atoms with E-state index in [0.29, 0.717) is 28.8 Å². The number of hydrogen-bond donors (Lipinski definition) is 2. The number of aromatic nitrogens is 2. The molecule has 134 valence electrons. The number of nitrogens with one attached hydrogen (secondary N) is 2. The maximum absolute atomic E-state index is 12.9. The fourth-order valence-corrected chi connectivity index (χ4v) is 2.51. The van der Waals surface area contributed by atoms with Gasteiger partial charge in [0.15, 0.2) is 5.82 Å². The minimum Gasteiger partial charge on any atom is -0.495 e. The summed E-state index contributed by atoms with van der Waals surface area (Å²) in [6, 6.07) is 12.3. The van der Waals surface area contributed by atoms with E-state index < -0.39 is 6.03 Å². The number of nitrogens with zero attached hydrogens (tertiary/aromatic N) is 2. The SMILES string of the molecule is COc1ccc(Cl)cc1NC(=O)Nc1ccn(Cc2ccc(F)cc2)n1. The number of ether oxygens (including phenoxy) is 1. The van der Waals surface area contributed by atoms with Gasteiger partial charge in [-0.05, 0) is 35.9 Å². The number of amides is 2. The lowest BCUT2D eigenvalue weighted by Gasteiger charge is -2.10. The predicted molar refractivity (Wildman–Crippen MR) is 98.4 cm³/mol. The second-order valence-corrected chi connectivity index (χ2v) is 5.89. The average molecular weight is 375 g/mol. The second-order valence-electron chi connectivity index (χ2n) is 5.45. The average Bonchev–Trinajstić information content (AvgIpc) is 3.04. The molecule has 0 saturated heterocycles. The van der Waals surface area contributed by atoms with Crippen molar-refractivity contribution in [2.75, 3.05) is 17.7 Å². The first-order valence-corrected chi connectivity index (χ1v) is 8.11. The van der Waals surface area contributed by atoms with E-state index >= 15 is 0 Å². The molecular weight excluding hydrogens is 359 g/mol. The molecule has 0 saturated carbocycles. The number of urea groups is 1. The summed E-state index contributed by atoms with van der Waals surface area (Å²) in [4.78, 5) is 12.2. The molecule has 6 nitrogen and oxygen atoms in total. The number of anilines is 2. The molecule has 2 aromatic carbocycles. The van der Waals surface area contributed by atoms with Crippen LogP contribution >= 0.6 is 11.6 Å². The molecule has 2 N–H and O–H groups in total. The Morgan fingerprint density at radius 1 is 1.19 bits per heavy atom. The number of rotatable bonds is 5. The predicted octanol–water partition coefficient (Wildman–Crippen LogP) is 4.38. The largest absolute Gasteiger partial charge is 0.495 e. The van der Waals surface area contributed by atoms with Crippen LogP contribution in [0.15, 0.2) is 54.7 Å². The summed E-state index contributed by atoms with van der Waals surface area (Å²) in [6.07, 6.45) is 1.72. The number of methoxy groups -OCH3 is 1. The Morgan fingerprint density at radius 2 is 1.96 bits per heavy atom. The monoisotopic (exact) mass is 374 g/mol. The highest BCUT2D eigenvalue weighted by molar-refractivity contribution is 6.31. The van der Waals surface area contributed by atoms with E-state index in [0.717, 1.165) is 5.56 Å². The van der Waals surface area contributed by atoms with Crippen molar-refractivity contribution in [2.24, 2.45) is 0 Å². The molecule has 26 heavy (non-hydrogen) atoms. The Balaban J connectivity index is 1.62.